The largest absolute Gasteiger partial charge is 0.495 e. The molecular formula is C37H49ClN6O5S. The second-order valence-electron chi connectivity index (χ2n) is 12.5. The molecule has 1 atom stereocenters. The van der Waals surface area contributed by atoms with E-state index in [1.807, 2.05) is 24.3 Å². The number of hydrogen-bond donors (Lipinski definition) is 3. The number of sulfonamides is 1. The molecule has 2 aliphatic rings. The number of carbonyl (C=O) groups is 1. The van der Waals surface area contributed by atoms with Crippen molar-refractivity contribution in [2.75, 3.05) is 42.6 Å². The van der Waals surface area contributed by atoms with Gasteiger partial charge in [-0.2, -0.15) is 0 Å². The number of nitrogens with one attached hydrogen (secondary N) is 3. The van der Waals surface area contributed by atoms with Crippen LogP contribution < -0.4 is 26.0 Å². The summed E-state index contributed by atoms with van der Waals surface area (Å²) in [5.74, 6) is -0.107. The standard InChI is InChI=1S/C37H49ClN6O5S/c1-3-4-5-6-7-8-9-10-11-16-25-49-26-17-24-43-36(39-30-19-13-15-21-34(30)50(43,46)47)35(44-32-20-14-12-18-29(32)41-42-44)37(45)40-31-27-28(38)22-23-33(31)48-2/h12-15,18-23,27,35,41-42H,3-11,16-17,24-26H2,1-2H3,(H,40,45). The number of nitrogens with zero attached hydrogens (tertiary/aromatic N) is 3. The highest BCUT2D eigenvalue weighted by molar-refractivity contribution is 7.90. The molecule has 3 N–H and O–H groups in total. The molecule has 0 radical (unpaired) electrons. The van der Waals surface area contributed by atoms with Crippen LogP contribution in [0.3, 0.4) is 0 Å². The van der Waals surface area contributed by atoms with E-state index in [9.17, 15) is 13.2 Å². The van der Waals surface area contributed by atoms with Crippen LogP contribution in [0.5, 0.6) is 5.75 Å². The molecule has 0 saturated carbocycles. The predicted octanol–water partition coefficient (Wildman–Crippen LogP) is 8.07. The summed E-state index contributed by atoms with van der Waals surface area (Å²) in [5.41, 5.74) is 8.09. The smallest absolute Gasteiger partial charge is 0.267 e. The summed E-state index contributed by atoms with van der Waals surface area (Å²) in [6, 6.07) is 17.6. The minimum absolute atomic E-state index is 0.0443. The maximum absolute atomic E-state index is 14.4. The molecule has 1 amide bonds. The van der Waals surface area contributed by atoms with E-state index in [4.69, 9.17) is 26.1 Å². The number of methoxy groups -OCH3 is 1. The number of amides is 1. The first kappa shape index (κ1) is 37.4. The Balaban J connectivity index is 1.31. The van der Waals surface area contributed by atoms with Crippen molar-refractivity contribution in [3.8, 4) is 5.75 Å². The third-order valence-corrected chi connectivity index (χ3v) is 10.9. The summed E-state index contributed by atoms with van der Waals surface area (Å²) in [5, 5.41) is 4.89. The van der Waals surface area contributed by atoms with Crippen molar-refractivity contribution in [2.24, 2.45) is 4.99 Å². The van der Waals surface area contributed by atoms with Gasteiger partial charge >= 0.3 is 0 Å². The quantitative estimate of drug-likeness (QED) is 0.100. The number of anilines is 3. The zero-order valence-corrected chi connectivity index (χ0v) is 30.6. The first-order chi connectivity index (χ1) is 24.3. The molecule has 3 aromatic rings. The van der Waals surface area contributed by atoms with Gasteiger partial charge in [0.15, 0.2) is 11.9 Å². The Morgan fingerprint density at radius 1 is 0.900 bits per heavy atom. The summed E-state index contributed by atoms with van der Waals surface area (Å²) in [4.78, 5) is 19.3. The lowest BCUT2D eigenvalue weighted by molar-refractivity contribution is -0.116. The lowest BCUT2D eigenvalue weighted by Crippen LogP contribution is -2.60. The van der Waals surface area contributed by atoms with Crippen LogP contribution in [0.25, 0.3) is 0 Å². The van der Waals surface area contributed by atoms with Gasteiger partial charge in [-0.1, -0.05) is 101 Å². The molecule has 0 aliphatic carbocycles. The maximum atomic E-state index is 14.4. The molecule has 5 rings (SSSR count). The maximum Gasteiger partial charge on any atom is 0.267 e. The Labute approximate surface area is 301 Å². The van der Waals surface area contributed by atoms with E-state index in [0.717, 1.165) is 18.5 Å². The highest BCUT2D eigenvalue weighted by Gasteiger charge is 2.44. The number of benzene rings is 3. The zero-order chi connectivity index (χ0) is 35.3. The van der Waals surface area contributed by atoms with Gasteiger partial charge in [0.1, 0.15) is 10.6 Å². The van der Waals surface area contributed by atoms with Crippen molar-refractivity contribution in [1.29, 1.82) is 0 Å². The SMILES string of the molecule is CCCCCCCCCCCCOCCCN1C(C(C(=O)Nc2cc(Cl)ccc2OC)N2NNc3ccccc32)=Nc2ccccc2S1(=O)=O. The van der Waals surface area contributed by atoms with Crippen molar-refractivity contribution in [3.05, 3.63) is 71.8 Å². The molecule has 3 aromatic carbocycles. The topological polar surface area (TPSA) is 125 Å². The molecule has 0 spiro atoms. The number of amidine groups is 1. The van der Waals surface area contributed by atoms with Crippen LogP contribution in [-0.2, 0) is 19.6 Å². The molecule has 13 heteroatoms. The molecule has 0 saturated heterocycles. The summed E-state index contributed by atoms with van der Waals surface area (Å²) in [7, 11) is -2.59. The number of rotatable bonds is 20. The van der Waals surface area contributed by atoms with Crippen LogP contribution in [0.2, 0.25) is 5.02 Å². The Bertz CT molecular complexity index is 1720. The lowest BCUT2D eigenvalue weighted by atomic mass is 10.1. The minimum atomic E-state index is -4.08. The van der Waals surface area contributed by atoms with Gasteiger partial charge in [0.2, 0.25) is 0 Å². The molecular weight excluding hydrogens is 676 g/mol. The van der Waals surface area contributed by atoms with E-state index in [1.165, 1.54) is 68.8 Å². The van der Waals surface area contributed by atoms with Gasteiger partial charge < -0.3 is 20.2 Å². The van der Waals surface area contributed by atoms with Gasteiger partial charge in [-0.25, -0.2) is 13.4 Å². The van der Waals surface area contributed by atoms with Crippen molar-refractivity contribution in [2.45, 2.75) is 88.5 Å². The lowest BCUT2D eigenvalue weighted by Gasteiger charge is -2.37. The van der Waals surface area contributed by atoms with Crippen LogP contribution >= 0.6 is 11.6 Å². The molecule has 2 aliphatic heterocycles. The van der Waals surface area contributed by atoms with E-state index in [-0.39, 0.29) is 23.0 Å². The summed E-state index contributed by atoms with van der Waals surface area (Å²) in [6.07, 6.45) is 12.9. The van der Waals surface area contributed by atoms with Gasteiger partial charge in [0, 0.05) is 24.8 Å². The van der Waals surface area contributed by atoms with Crippen LogP contribution in [0.15, 0.2) is 76.6 Å². The monoisotopic (exact) mass is 724 g/mol. The Morgan fingerprint density at radius 2 is 1.58 bits per heavy atom. The highest BCUT2D eigenvalue weighted by Crippen LogP contribution is 2.37. The summed E-state index contributed by atoms with van der Waals surface area (Å²) >= 11 is 6.28. The van der Waals surface area contributed by atoms with Crippen molar-refractivity contribution >= 4 is 56.1 Å². The average molecular weight is 725 g/mol. The van der Waals surface area contributed by atoms with Gasteiger partial charge in [-0.3, -0.25) is 14.1 Å². The number of aliphatic imine (C=N–C) groups is 1. The van der Waals surface area contributed by atoms with Crippen molar-refractivity contribution in [1.82, 2.24) is 9.84 Å². The number of hydrogen-bond acceptors (Lipinski definition) is 9. The Hall–Kier alpha value is -3.84. The molecule has 11 nitrogen and oxygen atoms in total. The van der Waals surface area contributed by atoms with Crippen LogP contribution in [0.4, 0.5) is 22.7 Å². The van der Waals surface area contributed by atoms with Gasteiger partial charge in [0.25, 0.3) is 15.9 Å². The fraction of sp³-hybridized carbons (Fsp3) is 0.459. The predicted molar refractivity (Wildman–Crippen MR) is 201 cm³/mol. The number of hydrazine groups is 2. The van der Waals surface area contributed by atoms with Crippen molar-refractivity contribution in [3.63, 3.8) is 0 Å². The zero-order valence-electron chi connectivity index (χ0n) is 29.0. The molecule has 50 heavy (non-hydrogen) atoms. The number of para-hydroxylation sites is 3. The van der Waals surface area contributed by atoms with Crippen LogP contribution in [0.1, 0.15) is 77.6 Å². The summed E-state index contributed by atoms with van der Waals surface area (Å²) in [6.45, 7) is 3.31. The third kappa shape index (κ3) is 9.28. The molecule has 0 bridgehead atoms. The second-order valence-corrected chi connectivity index (χ2v) is 14.8. The normalized spacial score (nSPS) is 15.1. The highest BCUT2D eigenvalue weighted by atomic mass is 35.5. The van der Waals surface area contributed by atoms with Gasteiger partial charge in [0.05, 0.1) is 29.9 Å². The van der Waals surface area contributed by atoms with E-state index in [2.05, 4.69) is 23.2 Å². The first-order valence-electron chi connectivity index (χ1n) is 17.7. The van der Waals surface area contributed by atoms with E-state index in [0.29, 0.717) is 41.8 Å². The number of fused-ring (bicyclic) bond motifs is 2. The minimum Gasteiger partial charge on any atom is -0.495 e. The van der Waals surface area contributed by atoms with E-state index >= 15 is 0 Å². The van der Waals surface area contributed by atoms with Gasteiger partial charge in [-0.15, -0.1) is 5.53 Å². The first-order valence-corrected chi connectivity index (χ1v) is 19.5. The average Bonchev–Trinajstić information content (AvgIpc) is 3.53. The molecule has 1 unspecified atom stereocenters. The fourth-order valence-corrected chi connectivity index (χ4v) is 8.02. The number of ether oxygens (including phenoxy) is 2. The fourth-order valence-electron chi connectivity index (χ4n) is 6.23. The van der Waals surface area contributed by atoms with E-state index in [1.54, 1.807) is 41.4 Å². The van der Waals surface area contributed by atoms with Crippen LogP contribution in [0, 0.1) is 0 Å². The Kier molecular flexibility index (Phi) is 13.8. The number of unbranched alkanes of at least 4 members (excludes halogenated alkanes) is 9. The second kappa shape index (κ2) is 18.4. The van der Waals surface area contributed by atoms with Crippen molar-refractivity contribution < 1.29 is 22.7 Å². The number of carbonyl (C=O) groups excluding carboxylic acids is 1. The molecule has 270 valence electrons. The van der Waals surface area contributed by atoms with Gasteiger partial charge in [-0.05, 0) is 55.3 Å². The molecule has 0 fully saturated rings. The number of halogens is 1. The summed E-state index contributed by atoms with van der Waals surface area (Å²) < 4.78 is 41.2. The third-order valence-electron chi connectivity index (χ3n) is 8.86. The molecule has 0 aromatic heterocycles. The van der Waals surface area contributed by atoms with Crippen LogP contribution in [-0.4, -0.2) is 57.4 Å². The Morgan fingerprint density at radius 3 is 2.34 bits per heavy atom. The van der Waals surface area contributed by atoms with E-state index < -0.39 is 22.0 Å². The molecule has 2 heterocycles.